The van der Waals surface area contributed by atoms with Crippen LogP contribution in [-0.2, 0) is 9.59 Å². The van der Waals surface area contributed by atoms with Crippen molar-refractivity contribution in [2.75, 3.05) is 11.1 Å². The summed E-state index contributed by atoms with van der Waals surface area (Å²) >= 11 is 13.6. The molecule has 2 aliphatic heterocycles. The number of carbonyl (C=O) groups excluding carboxylic acids is 2. The van der Waals surface area contributed by atoms with Gasteiger partial charge in [0.25, 0.3) is 0 Å². The number of carbonyl (C=O) groups is 2. The first-order valence-corrected chi connectivity index (χ1v) is 8.37. The topological polar surface area (TPSA) is 49.4 Å². The Morgan fingerprint density at radius 2 is 2.24 bits per heavy atom. The van der Waals surface area contributed by atoms with E-state index in [4.69, 9.17) is 23.2 Å². The van der Waals surface area contributed by atoms with Gasteiger partial charge in [0.2, 0.25) is 11.8 Å². The number of hydrogen-bond acceptors (Lipinski definition) is 3. The summed E-state index contributed by atoms with van der Waals surface area (Å²) in [5, 5.41) is 3.70. The zero-order chi connectivity index (χ0) is 15.2. The zero-order valence-corrected chi connectivity index (χ0v) is 13.7. The summed E-state index contributed by atoms with van der Waals surface area (Å²) in [5.41, 5.74) is 0.472. The molecule has 1 aromatic carbocycles. The van der Waals surface area contributed by atoms with E-state index in [2.05, 4.69) is 5.32 Å². The van der Waals surface area contributed by atoms with Crippen LogP contribution in [0.25, 0.3) is 0 Å². The van der Waals surface area contributed by atoms with Crippen LogP contribution < -0.4 is 5.32 Å². The van der Waals surface area contributed by atoms with Gasteiger partial charge in [0.05, 0.1) is 15.6 Å². The van der Waals surface area contributed by atoms with E-state index in [9.17, 15) is 9.59 Å². The number of nitrogens with zero attached hydrogens (tertiary/aromatic N) is 1. The van der Waals surface area contributed by atoms with Crippen molar-refractivity contribution in [1.29, 1.82) is 0 Å². The Bertz CT molecular complexity index is 625. The fraction of sp³-hybridized carbons (Fsp3) is 0.429. The predicted octanol–water partition coefficient (Wildman–Crippen LogP) is 3.39. The lowest BCUT2D eigenvalue weighted by atomic mass is 10.2. The minimum atomic E-state index is -0.454. The number of benzene rings is 1. The van der Waals surface area contributed by atoms with Crippen LogP contribution in [0.5, 0.6) is 0 Å². The minimum Gasteiger partial charge on any atom is -0.323 e. The molecule has 0 radical (unpaired) electrons. The van der Waals surface area contributed by atoms with Gasteiger partial charge in [-0.25, -0.2) is 0 Å². The highest BCUT2D eigenvalue weighted by atomic mass is 35.5. The summed E-state index contributed by atoms with van der Waals surface area (Å²) in [4.78, 5) is 26.0. The van der Waals surface area contributed by atoms with Crippen LogP contribution in [0.3, 0.4) is 0 Å². The summed E-state index contributed by atoms with van der Waals surface area (Å²) in [6.45, 7) is 2.02. The Morgan fingerprint density at radius 3 is 3.00 bits per heavy atom. The number of thioether (sulfide) groups is 1. The second-order valence-electron chi connectivity index (χ2n) is 5.38. The van der Waals surface area contributed by atoms with E-state index >= 15 is 0 Å². The first kappa shape index (κ1) is 15.0. The van der Waals surface area contributed by atoms with Crippen molar-refractivity contribution in [2.45, 2.75) is 30.7 Å². The largest absolute Gasteiger partial charge is 0.323 e. The van der Waals surface area contributed by atoms with Gasteiger partial charge < -0.3 is 10.2 Å². The normalized spacial score (nSPS) is 27.9. The maximum atomic E-state index is 12.5. The molecule has 2 saturated heterocycles. The Hall–Kier alpha value is -0.910. The van der Waals surface area contributed by atoms with E-state index in [1.165, 1.54) is 0 Å². The monoisotopic (exact) mass is 344 g/mol. The lowest BCUT2D eigenvalue weighted by molar-refractivity contribution is -0.135. The van der Waals surface area contributed by atoms with E-state index in [0.717, 1.165) is 6.42 Å². The molecule has 2 fully saturated rings. The minimum absolute atomic E-state index is 0.0415. The molecule has 1 N–H and O–H groups in total. The molecule has 2 atom stereocenters. The lowest BCUT2D eigenvalue weighted by Crippen LogP contribution is -2.48. The second kappa shape index (κ2) is 5.38. The fourth-order valence-electron chi connectivity index (χ4n) is 2.82. The Morgan fingerprint density at radius 1 is 1.48 bits per heavy atom. The van der Waals surface area contributed by atoms with Gasteiger partial charge in [-0.15, -0.1) is 11.8 Å². The van der Waals surface area contributed by atoms with Crippen LogP contribution in [0.1, 0.15) is 19.8 Å². The third-order valence-electron chi connectivity index (χ3n) is 3.93. The summed E-state index contributed by atoms with van der Waals surface area (Å²) in [7, 11) is 0. The van der Waals surface area contributed by atoms with E-state index < -0.39 is 6.04 Å². The van der Waals surface area contributed by atoms with E-state index in [0.29, 0.717) is 27.9 Å². The van der Waals surface area contributed by atoms with Crippen molar-refractivity contribution in [3.8, 4) is 0 Å². The van der Waals surface area contributed by atoms with Crippen molar-refractivity contribution in [3.05, 3.63) is 28.2 Å². The third-order valence-corrected chi connectivity index (χ3v) is 6.00. The van der Waals surface area contributed by atoms with Gasteiger partial charge in [0.1, 0.15) is 6.04 Å². The van der Waals surface area contributed by atoms with Gasteiger partial charge in [-0.2, -0.15) is 0 Å². The summed E-state index contributed by atoms with van der Waals surface area (Å²) in [6, 6.07) is 4.44. The molecular formula is C14H14Cl2N2O2S. The molecule has 112 valence electrons. The first-order chi connectivity index (χ1) is 9.90. The van der Waals surface area contributed by atoms with Crippen LogP contribution in [0.4, 0.5) is 5.69 Å². The number of halogens is 2. The van der Waals surface area contributed by atoms with Gasteiger partial charge in [-0.1, -0.05) is 23.2 Å². The van der Waals surface area contributed by atoms with Crippen LogP contribution in [0.15, 0.2) is 18.2 Å². The van der Waals surface area contributed by atoms with Gasteiger partial charge in [-0.05, 0) is 31.5 Å². The Labute approximate surface area is 137 Å². The molecule has 1 aromatic rings. The van der Waals surface area contributed by atoms with Crippen LogP contribution in [0.2, 0.25) is 10.0 Å². The van der Waals surface area contributed by atoms with Crippen molar-refractivity contribution < 1.29 is 9.59 Å². The summed E-state index contributed by atoms with van der Waals surface area (Å²) in [6.07, 6.45) is 1.30. The average Bonchev–Trinajstić information content (AvgIpc) is 2.91. The van der Waals surface area contributed by atoms with E-state index in [1.54, 1.807) is 34.9 Å². The molecule has 3 rings (SSSR count). The number of hydrogen-bond donors (Lipinski definition) is 1. The first-order valence-electron chi connectivity index (χ1n) is 6.63. The van der Waals surface area contributed by atoms with Gasteiger partial charge in [0, 0.05) is 17.2 Å². The molecule has 2 heterocycles. The summed E-state index contributed by atoms with van der Waals surface area (Å²) in [5.74, 6) is 0.428. The molecule has 2 unspecified atom stereocenters. The van der Waals surface area contributed by atoms with Gasteiger partial charge in [-0.3, -0.25) is 9.59 Å². The number of amides is 2. The maximum Gasteiger partial charge on any atom is 0.248 e. The van der Waals surface area contributed by atoms with E-state index in [-0.39, 0.29) is 16.7 Å². The molecule has 2 aliphatic rings. The van der Waals surface area contributed by atoms with Gasteiger partial charge >= 0.3 is 0 Å². The SMILES string of the molecule is CC12CCC(=O)N1C(C(=O)Nc1cc(Cl)ccc1Cl)CS2. The molecule has 2 amide bonds. The predicted molar refractivity (Wildman–Crippen MR) is 85.8 cm³/mol. The molecule has 4 nitrogen and oxygen atoms in total. The fourth-order valence-corrected chi connectivity index (χ4v) is 4.59. The standard InChI is InChI=1S/C14H14Cl2N2O2S/c1-14-5-4-12(19)18(14)11(7-21-14)13(20)17-10-6-8(15)2-3-9(10)16/h2-3,6,11H,4-5,7H2,1H3,(H,17,20). The molecule has 21 heavy (non-hydrogen) atoms. The zero-order valence-electron chi connectivity index (χ0n) is 11.4. The quantitative estimate of drug-likeness (QED) is 0.894. The highest BCUT2D eigenvalue weighted by molar-refractivity contribution is 8.01. The van der Waals surface area contributed by atoms with E-state index in [1.807, 2.05) is 6.92 Å². The molecule has 0 spiro atoms. The smallest absolute Gasteiger partial charge is 0.248 e. The number of nitrogens with one attached hydrogen (secondary N) is 1. The van der Waals surface area contributed by atoms with Crippen molar-refractivity contribution in [3.63, 3.8) is 0 Å². The summed E-state index contributed by atoms with van der Waals surface area (Å²) < 4.78 is 0. The molecule has 0 bridgehead atoms. The third kappa shape index (κ3) is 2.62. The second-order valence-corrected chi connectivity index (χ2v) is 7.72. The number of fused-ring (bicyclic) bond motifs is 1. The van der Waals surface area contributed by atoms with Crippen LogP contribution >= 0.6 is 35.0 Å². The van der Waals surface area contributed by atoms with Crippen molar-refractivity contribution in [2.24, 2.45) is 0 Å². The maximum absolute atomic E-state index is 12.5. The highest BCUT2D eigenvalue weighted by Crippen LogP contribution is 2.47. The average molecular weight is 345 g/mol. The van der Waals surface area contributed by atoms with Crippen molar-refractivity contribution >= 4 is 52.5 Å². The molecule has 0 aliphatic carbocycles. The molecular weight excluding hydrogens is 331 g/mol. The van der Waals surface area contributed by atoms with Crippen LogP contribution in [-0.4, -0.2) is 33.4 Å². The molecule has 7 heteroatoms. The Kier molecular flexibility index (Phi) is 3.84. The van der Waals surface area contributed by atoms with Gasteiger partial charge in [0.15, 0.2) is 0 Å². The lowest BCUT2D eigenvalue weighted by Gasteiger charge is -2.29. The molecule has 0 saturated carbocycles. The van der Waals surface area contributed by atoms with Crippen molar-refractivity contribution in [1.82, 2.24) is 4.90 Å². The van der Waals surface area contributed by atoms with Crippen LogP contribution in [0, 0.1) is 0 Å². The highest BCUT2D eigenvalue weighted by Gasteiger charge is 2.52. The number of rotatable bonds is 2. The number of anilines is 1. The Balaban J connectivity index is 1.80. The molecule has 0 aromatic heterocycles.